The summed E-state index contributed by atoms with van der Waals surface area (Å²) in [4.78, 5) is 47.7. The van der Waals surface area contributed by atoms with Crippen LogP contribution < -0.4 is 20.9 Å². The van der Waals surface area contributed by atoms with E-state index >= 15 is 0 Å². The van der Waals surface area contributed by atoms with E-state index in [0.717, 1.165) is 0 Å². The van der Waals surface area contributed by atoms with Gasteiger partial charge in [0.1, 0.15) is 11.5 Å². The van der Waals surface area contributed by atoms with E-state index in [2.05, 4.69) is 16.2 Å². The molecule has 0 aliphatic rings. The lowest BCUT2D eigenvalue weighted by Crippen LogP contribution is -2.41. The summed E-state index contributed by atoms with van der Waals surface area (Å²) in [6, 6.07) is 22.3. The normalized spacial score (nSPS) is 10.1. The lowest BCUT2D eigenvalue weighted by molar-refractivity contribution is -0.148. The van der Waals surface area contributed by atoms with Gasteiger partial charge in [0.2, 0.25) is 5.91 Å². The van der Waals surface area contributed by atoms with Crippen LogP contribution >= 0.6 is 11.6 Å². The van der Waals surface area contributed by atoms with Crippen molar-refractivity contribution in [1.29, 1.82) is 0 Å². The van der Waals surface area contributed by atoms with Crippen molar-refractivity contribution >= 4 is 41.0 Å². The molecule has 3 aromatic rings. The fourth-order valence-corrected chi connectivity index (χ4v) is 2.99. The molecule has 180 valence electrons. The minimum Gasteiger partial charge on any atom is -0.457 e. The summed E-state index contributed by atoms with van der Waals surface area (Å²) in [6.07, 6.45) is -0.515. The van der Waals surface area contributed by atoms with Crippen molar-refractivity contribution in [3.63, 3.8) is 0 Å². The third kappa shape index (κ3) is 8.49. The molecular weight excluding hydrogens is 474 g/mol. The summed E-state index contributed by atoms with van der Waals surface area (Å²) in [7, 11) is 0. The summed E-state index contributed by atoms with van der Waals surface area (Å²) in [5.74, 6) is -1.19. The van der Waals surface area contributed by atoms with E-state index in [0.29, 0.717) is 17.2 Å². The monoisotopic (exact) mass is 495 g/mol. The first kappa shape index (κ1) is 25.3. The van der Waals surface area contributed by atoms with E-state index in [-0.39, 0.29) is 23.4 Å². The highest BCUT2D eigenvalue weighted by molar-refractivity contribution is 6.33. The Kier molecular flexibility index (Phi) is 9.21. The second kappa shape index (κ2) is 12.8. The zero-order valence-corrected chi connectivity index (χ0v) is 19.2. The number of nitrogens with one attached hydrogen (secondary N) is 3. The molecule has 3 rings (SSSR count). The third-order valence-electron chi connectivity index (χ3n) is 4.47. The number of carbonyl (C=O) groups excluding carboxylic acids is 4. The largest absolute Gasteiger partial charge is 0.457 e. The Hall–Kier alpha value is -4.37. The second-order valence-corrected chi connectivity index (χ2v) is 7.54. The number of anilines is 1. The van der Waals surface area contributed by atoms with Crippen molar-refractivity contribution in [2.24, 2.45) is 0 Å². The molecule has 0 heterocycles. The molecule has 0 atom stereocenters. The number of amides is 3. The van der Waals surface area contributed by atoms with Crippen molar-refractivity contribution in [2.45, 2.75) is 12.8 Å². The van der Waals surface area contributed by atoms with Crippen LogP contribution in [0, 0.1) is 0 Å². The van der Waals surface area contributed by atoms with Gasteiger partial charge in [-0.1, -0.05) is 41.9 Å². The van der Waals surface area contributed by atoms with Crippen LogP contribution in [0.1, 0.15) is 23.2 Å². The van der Waals surface area contributed by atoms with Crippen LogP contribution in [-0.2, 0) is 19.1 Å². The number of hydrogen-bond donors (Lipinski definition) is 3. The van der Waals surface area contributed by atoms with Gasteiger partial charge < -0.3 is 14.8 Å². The molecule has 3 N–H and O–H groups in total. The molecule has 0 aliphatic carbocycles. The molecule has 0 radical (unpaired) electrons. The fraction of sp³-hybridized carbons (Fsp3) is 0.120. The highest BCUT2D eigenvalue weighted by atomic mass is 35.5. The van der Waals surface area contributed by atoms with Gasteiger partial charge in [0.25, 0.3) is 11.8 Å². The molecule has 0 unspecified atom stereocenters. The minimum absolute atomic E-state index is 0.193. The molecule has 0 spiro atoms. The van der Waals surface area contributed by atoms with E-state index < -0.39 is 30.3 Å². The average Bonchev–Trinajstić information content (AvgIpc) is 2.87. The van der Waals surface area contributed by atoms with Crippen molar-refractivity contribution < 1.29 is 28.7 Å². The highest BCUT2D eigenvalue weighted by Crippen LogP contribution is 2.22. The number of carbonyl (C=O) groups is 4. The molecule has 3 amide bonds. The van der Waals surface area contributed by atoms with Gasteiger partial charge in [0.05, 0.1) is 17.0 Å². The van der Waals surface area contributed by atoms with E-state index in [9.17, 15) is 19.2 Å². The lowest BCUT2D eigenvalue weighted by Gasteiger charge is -2.09. The molecule has 0 saturated carbocycles. The first-order valence-corrected chi connectivity index (χ1v) is 10.9. The maximum absolute atomic E-state index is 12.0. The molecular formula is C25H22ClN3O6. The number of ether oxygens (including phenoxy) is 2. The highest BCUT2D eigenvalue weighted by Gasteiger charge is 2.13. The molecule has 9 nitrogen and oxygen atoms in total. The maximum atomic E-state index is 12.0. The smallest absolute Gasteiger partial charge is 0.306 e. The molecule has 10 heteroatoms. The SMILES string of the molecule is O=C(CCC(=O)OCC(=O)Nc1ccc(Oc2ccccc2)cc1)NNC(=O)c1ccccc1Cl. The molecule has 0 aliphatic heterocycles. The Labute approximate surface area is 206 Å². The van der Waals surface area contributed by atoms with Gasteiger partial charge in [-0.25, -0.2) is 0 Å². The second-order valence-electron chi connectivity index (χ2n) is 7.13. The maximum Gasteiger partial charge on any atom is 0.306 e. The first-order valence-electron chi connectivity index (χ1n) is 10.5. The zero-order valence-electron chi connectivity index (χ0n) is 18.5. The van der Waals surface area contributed by atoms with Gasteiger partial charge in [0, 0.05) is 12.1 Å². The molecule has 0 saturated heterocycles. The van der Waals surface area contributed by atoms with Crippen LogP contribution in [0.2, 0.25) is 5.02 Å². The Morgan fingerprint density at radius 3 is 2.09 bits per heavy atom. The Morgan fingerprint density at radius 2 is 1.37 bits per heavy atom. The summed E-state index contributed by atoms with van der Waals surface area (Å²) < 4.78 is 10.6. The molecule has 0 fully saturated rings. The van der Waals surface area contributed by atoms with Crippen LogP contribution in [0.15, 0.2) is 78.9 Å². The molecule has 0 aromatic heterocycles. The lowest BCUT2D eigenvalue weighted by atomic mass is 10.2. The number of hydrazine groups is 1. The van der Waals surface area contributed by atoms with Crippen LogP contribution in [-0.4, -0.2) is 30.3 Å². The van der Waals surface area contributed by atoms with E-state index in [1.165, 1.54) is 6.07 Å². The fourth-order valence-electron chi connectivity index (χ4n) is 2.76. The molecule has 0 bridgehead atoms. The standard InChI is InChI=1S/C25H22ClN3O6/c26-21-9-5-4-8-20(21)25(33)29-28-22(30)14-15-24(32)34-16-23(31)27-17-10-12-19(13-11-17)35-18-6-2-1-3-7-18/h1-13H,14-16H2,(H,27,31)(H,28,30)(H,29,33). The number of benzene rings is 3. The van der Waals surface area contributed by atoms with Crippen LogP contribution in [0.3, 0.4) is 0 Å². The average molecular weight is 496 g/mol. The van der Waals surface area contributed by atoms with Crippen molar-refractivity contribution in [3.8, 4) is 11.5 Å². The van der Waals surface area contributed by atoms with Crippen molar-refractivity contribution in [3.05, 3.63) is 89.4 Å². The van der Waals surface area contributed by atoms with Crippen LogP contribution in [0.4, 0.5) is 5.69 Å². The number of esters is 1. The van der Waals surface area contributed by atoms with Crippen LogP contribution in [0.25, 0.3) is 0 Å². The number of rotatable bonds is 9. The summed E-state index contributed by atoms with van der Waals surface area (Å²) >= 11 is 5.91. The predicted octanol–water partition coefficient (Wildman–Crippen LogP) is 3.86. The minimum atomic E-state index is -0.737. The molecule has 35 heavy (non-hydrogen) atoms. The Balaban J connectivity index is 1.32. The Morgan fingerprint density at radius 1 is 0.714 bits per heavy atom. The quantitative estimate of drug-likeness (QED) is 0.306. The first-order chi connectivity index (χ1) is 16.9. The van der Waals surface area contributed by atoms with Gasteiger partial charge >= 0.3 is 5.97 Å². The van der Waals surface area contributed by atoms with E-state index in [1.54, 1.807) is 42.5 Å². The summed E-state index contributed by atoms with van der Waals surface area (Å²) in [5, 5.41) is 2.83. The molecule has 3 aromatic carbocycles. The number of halogens is 1. The van der Waals surface area contributed by atoms with Crippen molar-refractivity contribution in [1.82, 2.24) is 10.9 Å². The van der Waals surface area contributed by atoms with Gasteiger partial charge in [-0.3, -0.25) is 30.0 Å². The van der Waals surface area contributed by atoms with Crippen LogP contribution in [0.5, 0.6) is 11.5 Å². The van der Waals surface area contributed by atoms with Crippen molar-refractivity contribution in [2.75, 3.05) is 11.9 Å². The zero-order chi connectivity index (χ0) is 25.0. The number of para-hydroxylation sites is 1. The van der Waals surface area contributed by atoms with Gasteiger partial charge in [0.15, 0.2) is 6.61 Å². The summed E-state index contributed by atoms with van der Waals surface area (Å²) in [6.45, 7) is -0.508. The predicted molar refractivity (Wildman–Crippen MR) is 129 cm³/mol. The topological polar surface area (TPSA) is 123 Å². The van der Waals surface area contributed by atoms with Gasteiger partial charge in [-0.2, -0.15) is 0 Å². The van der Waals surface area contributed by atoms with Gasteiger partial charge in [-0.15, -0.1) is 0 Å². The van der Waals surface area contributed by atoms with Gasteiger partial charge in [-0.05, 0) is 48.5 Å². The van der Waals surface area contributed by atoms with E-state index in [1.807, 2.05) is 30.3 Å². The Bertz CT molecular complexity index is 1190. The summed E-state index contributed by atoms with van der Waals surface area (Å²) in [5.41, 5.74) is 5.09. The number of hydrogen-bond acceptors (Lipinski definition) is 6. The van der Waals surface area contributed by atoms with E-state index in [4.69, 9.17) is 21.1 Å². The third-order valence-corrected chi connectivity index (χ3v) is 4.80.